The van der Waals surface area contributed by atoms with Gasteiger partial charge in [0.1, 0.15) is 19.0 Å². The van der Waals surface area contributed by atoms with E-state index in [-0.39, 0.29) is 11.6 Å². The van der Waals surface area contributed by atoms with Crippen molar-refractivity contribution in [3.05, 3.63) is 57.8 Å². The highest BCUT2D eigenvalue weighted by Gasteiger charge is 2.18. The topological polar surface area (TPSA) is 47.6 Å². The van der Waals surface area contributed by atoms with E-state index in [1.807, 2.05) is 25.1 Å². The molecule has 0 saturated heterocycles. The van der Waals surface area contributed by atoms with Gasteiger partial charge in [0.15, 0.2) is 11.5 Å². The molecule has 0 bridgehead atoms. The SMILES string of the molecule is CC(NC(=O)c1cc(Br)ccc1F)c1ccc2c(c1)OCCO2. The van der Waals surface area contributed by atoms with Crippen LogP contribution in [0.2, 0.25) is 0 Å². The van der Waals surface area contributed by atoms with E-state index < -0.39 is 11.7 Å². The van der Waals surface area contributed by atoms with Crippen LogP contribution < -0.4 is 14.8 Å². The Kier molecular flexibility index (Phi) is 4.52. The van der Waals surface area contributed by atoms with Gasteiger partial charge in [-0.3, -0.25) is 4.79 Å². The third-order valence-electron chi connectivity index (χ3n) is 3.59. The molecule has 1 heterocycles. The van der Waals surface area contributed by atoms with Gasteiger partial charge in [0.25, 0.3) is 5.91 Å². The number of rotatable bonds is 3. The number of hydrogen-bond acceptors (Lipinski definition) is 3. The first-order valence-corrected chi connectivity index (χ1v) is 7.99. The number of fused-ring (bicyclic) bond motifs is 1. The molecule has 0 radical (unpaired) electrons. The summed E-state index contributed by atoms with van der Waals surface area (Å²) < 4.78 is 25.4. The number of benzene rings is 2. The first-order valence-electron chi connectivity index (χ1n) is 7.20. The molecule has 1 N–H and O–H groups in total. The first-order chi connectivity index (χ1) is 11.0. The molecule has 23 heavy (non-hydrogen) atoms. The summed E-state index contributed by atoms with van der Waals surface area (Å²) in [6, 6.07) is 9.47. The summed E-state index contributed by atoms with van der Waals surface area (Å²) in [5, 5.41) is 2.79. The fraction of sp³-hybridized carbons (Fsp3) is 0.235. The molecule has 2 aromatic carbocycles. The van der Waals surface area contributed by atoms with E-state index in [1.54, 1.807) is 6.07 Å². The van der Waals surface area contributed by atoms with Crippen molar-refractivity contribution in [2.24, 2.45) is 0 Å². The van der Waals surface area contributed by atoms with Gasteiger partial charge >= 0.3 is 0 Å². The molecule has 1 aliphatic rings. The first kappa shape index (κ1) is 15.8. The molecule has 0 aromatic heterocycles. The van der Waals surface area contributed by atoms with Crippen molar-refractivity contribution in [3.63, 3.8) is 0 Å². The van der Waals surface area contributed by atoms with Crippen LogP contribution in [0.3, 0.4) is 0 Å². The molecular weight excluding hydrogens is 365 g/mol. The third kappa shape index (κ3) is 3.47. The Morgan fingerprint density at radius 3 is 2.70 bits per heavy atom. The zero-order valence-electron chi connectivity index (χ0n) is 12.4. The van der Waals surface area contributed by atoms with Crippen LogP contribution in [0.5, 0.6) is 11.5 Å². The number of amides is 1. The molecule has 3 rings (SSSR count). The molecule has 2 aromatic rings. The summed E-state index contributed by atoms with van der Waals surface area (Å²) in [4.78, 5) is 12.3. The second kappa shape index (κ2) is 6.58. The Morgan fingerprint density at radius 1 is 1.17 bits per heavy atom. The van der Waals surface area contributed by atoms with E-state index in [0.29, 0.717) is 29.2 Å². The minimum absolute atomic E-state index is 0.00349. The van der Waals surface area contributed by atoms with Crippen LogP contribution in [0, 0.1) is 5.82 Å². The molecule has 1 unspecified atom stereocenters. The highest BCUT2D eigenvalue weighted by molar-refractivity contribution is 9.10. The second-order valence-electron chi connectivity index (χ2n) is 5.22. The highest BCUT2D eigenvalue weighted by atomic mass is 79.9. The van der Waals surface area contributed by atoms with Crippen molar-refractivity contribution < 1.29 is 18.7 Å². The predicted molar refractivity (Wildman–Crippen MR) is 87.4 cm³/mol. The molecular formula is C17H15BrFNO3. The molecule has 0 saturated carbocycles. The van der Waals surface area contributed by atoms with Crippen molar-refractivity contribution in [1.82, 2.24) is 5.32 Å². The van der Waals surface area contributed by atoms with Crippen molar-refractivity contribution >= 4 is 21.8 Å². The lowest BCUT2D eigenvalue weighted by molar-refractivity contribution is 0.0935. The number of carbonyl (C=O) groups excluding carboxylic acids is 1. The summed E-state index contributed by atoms with van der Waals surface area (Å²) >= 11 is 3.24. The largest absolute Gasteiger partial charge is 0.486 e. The van der Waals surface area contributed by atoms with Gasteiger partial charge < -0.3 is 14.8 Å². The van der Waals surface area contributed by atoms with E-state index in [9.17, 15) is 9.18 Å². The fourth-order valence-electron chi connectivity index (χ4n) is 2.36. The van der Waals surface area contributed by atoms with Gasteiger partial charge in [-0.1, -0.05) is 22.0 Å². The maximum Gasteiger partial charge on any atom is 0.254 e. The van der Waals surface area contributed by atoms with E-state index in [0.717, 1.165) is 5.56 Å². The van der Waals surface area contributed by atoms with Crippen molar-refractivity contribution in [3.8, 4) is 11.5 Å². The molecule has 0 fully saturated rings. The minimum atomic E-state index is -0.555. The molecule has 0 spiro atoms. The Hall–Kier alpha value is -2.08. The standard InChI is InChI=1S/C17H15BrFNO3/c1-10(11-2-5-15-16(8-11)23-7-6-22-15)20-17(21)13-9-12(18)3-4-14(13)19/h2-5,8-10H,6-7H2,1H3,(H,20,21). The zero-order valence-corrected chi connectivity index (χ0v) is 14.0. The van der Waals surface area contributed by atoms with E-state index >= 15 is 0 Å². The summed E-state index contributed by atoms with van der Waals surface area (Å²) in [6.07, 6.45) is 0. The van der Waals surface area contributed by atoms with Crippen molar-refractivity contribution in [2.45, 2.75) is 13.0 Å². The zero-order chi connectivity index (χ0) is 16.4. The maximum atomic E-state index is 13.8. The minimum Gasteiger partial charge on any atom is -0.486 e. The van der Waals surface area contributed by atoms with Crippen LogP contribution in [0.4, 0.5) is 4.39 Å². The molecule has 120 valence electrons. The van der Waals surface area contributed by atoms with Gasteiger partial charge in [0.2, 0.25) is 0 Å². The van der Waals surface area contributed by atoms with Crippen LogP contribution in [0.15, 0.2) is 40.9 Å². The van der Waals surface area contributed by atoms with Crippen LogP contribution in [0.1, 0.15) is 28.9 Å². The average Bonchev–Trinajstić information content (AvgIpc) is 2.56. The second-order valence-corrected chi connectivity index (χ2v) is 6.14. The number of hydrogen-bond donors (Lipinski definition) is 1. The van der Waals surface area contributed by atoms with E-state index in [4.69, 9.17) is 9.47 Å². The molecule has 1 atom stereocenters. The Balaban J connectivity index is 1.77. The van der Waals surface area contributed by atoms with Crippen molar-refractivity contribution in [2.75, 3.05) is 13.2 Å². The molecule has 1 amide bonds. The van der Waals surface area contributed by atoms with Gasteiger partial charge in [-0.15, -0.1) is 0 Å². The number of halogens is 2. The lowest BCUT2D eigenvalue weighted by Gasteiger charge is -2.21. The fourth-order valence-corrected chi connectivity index (χ4v) is 2.72. The predicted octanol–water partition coefficient (Wildman–Crippen LogP) is 3.85. The lowest BCUT2D eigenvalue weighted by atomic mass is 10.1. The maximum absolute atomic E-state index is 13.8. The van der Waals surface area contributed by atoms with Crippen LogP contribution >= 0.6 is 15.9 Å². The van der Waals surface area contributed by atoms with Crippen molar-refractivity contribution in [1.29, 1.82) is 0 Å². The molecule has 6 heteroatoms. The highest BCUT2D eigenvalue weighted by Crippen LogP contribution is 2.32. The summed E-state index contributed by atoms with van der Waals surface area (Å²) in [5.74, 6) is 0.325. The van der Waals surface area contributed by atoms with E-state index in [1.165, 1.54) is 12.1 Å². The van der Waals surface area contributed by atoms with Crippen LogP contribution in [-0.4, -0.2) is 19.1 Å². The number of carbonyl (C=O) groups is 1. The lowest BCUT2D eigenvalue weighted by Crippen LogP contribution is -2.27. The summed E-state index contributed by atoms with van der Waals surface area (Å²) in [6.45, 7) is 2.86. The Bertz CT molecular complexity index is 751. The average molecular weight is 380 g/mol. The monoisotopic (exact) mass is 379 g/mol. The Morgan fingerprint density at radius 2 is 1.91 bits per heavy atom. The van der Waals surface area contributed by atoms with Gasteiger partial charge in [-0.05, 0) is 42.8 Å². The van der Waals surface area contributed by atoms with Gasteiger partial charge in [0, 0.05) is 4.47 Å². The third-order valence-corrected chi connectivity index (χ3v) is 4.08. The summed E-state index contributed by atoms with van der Waals surface area (Å²) in [7, 11) is 0. The molecule has 1 aliphatic heterocycles. The smallest absolute Gasteiger partial charge is 0.254 e. The van der Waals surface area contributed by atoms with Gasteiger partial charge in [0.05, 0.1) is 11.6 Å². The normalized spacial score (nSPS) is 14.2. The summed E-state index contributed by atoms with van der Waals surface area (Å²) in [5.41, 5.74) is 0.863. The quantitative estimate of drug-likeness (QED) is 0.880. The van der Waals surface area contributed by atoms with Crippen LogP contribution in [-0.2, 0) is 0 Å². The van der Waals surface area contributed by atoms with Crippen LogP contribution in [0.25, 0.3) is 0 Å². The van der Waals surface area contributed by atoms with Gasteiger partial charge in [-0.25, -0.2) is 4.39 Å². The molecule has 4 nitrogen and oxygen atoms in total. The van der Waals surface area contributed by atoms with Gasteiger partial charge in [-0.2, -0.15) is 0 Å². The Labute approximate surface area is 141 Å². The number of ether oxygens (including phenoxy) is 2. The van der Waals surface area contributed by atoms with E-state index in [2.05, 4.69) is 21.2 Å². The number of nitrogens with one attached hydrogen (secondary N) is 1. The molecule has 0 aliphatic carbocycles.